The third kappa shape index (κ3) is 1.75. The summed E-state index contributed by atoms with van der Waals surface area (Å²) in [6.45, 7) is 6.74. The molecule has 3 nitrogen and oxygen atoms in total. The van der Waals surface area contributed by atoms with Gasteiger partial charge >= 0.3 is 5.97 Å². The molecule has 1 aliphatic heterocycles. The number of fused-ring (bicyclic) bond motifs is 1. The van der Waals surface area contributed by atoms with E-state index in [0.29, 0.717) is 12.1 Å². The number of esters is 1. The maximum atomic E-state index is 11.7. The highest BCUT2D eigenvalue weighted by Gasteiger charge is 2.61. The lowest BCUT2D eigenvalue weighted by Crippen LogP contribution is -2.45. The predicted molar refractivity (Wildman–Crippen MR) is 63.1 cm³/mol. The lowest BCUT2D eigenvalue weighted by atomic mass is 10.1. The first-order valence-corrected chi connectivity index (χ1v) is 6.47. The SMILES string of the molecule is CCCC(C)N1C2C(C)C2C[C@H]1C(=O)OC. The third-order valence-electron chi connectivity index (χ3n) is 4.40. The smallest absolute Gasteiger partial charge is 0.323 e. The number of carbonyl (C=O) groups is 1. The molecule has 0 aromatic carbocycles. The van der Waals surface area contributed by atoms with Crippen LogP contribution < -0.4 is 0 Å². The Morgan fingerprint density at radius 1 is 1.56 bits per heavy atom. The molecule has 1 saturated heterocycles. The lowest BCUT2D eigenvalue weighted by molar-refractivity contribution is -0.147. The highest BCUT2D eigenvalue weighted by molar-refractivity contribution is 5.76. The molecule has 0 aromatic rings. The van der Waals surface area contributed by atoms with Crippen molar-refractivity contribution in [3.63, 3.8) is 0 Å². The van der Waals surface area contributed by atoms with Crippen molar-refractivity contribution in [2.75, 3.05) is 7.11 Å². The Morgan fingerprint density at radius 2 is 2.25 bits per heavy atom. The Hall–Kier alpha value is -0.570. The molecule has 0 bridgehead atoms. The van der Waals surface area contributed by atoms with Gasteiger partial charge in [-0.3, -0.25) is 9.69 Å². The van der Waals surface area contributed by atoms with E-state index < -0.39 is 0 Å². The Kier molecular flexibility index (Phi) is 3.24. The number of carbonyl (C=O) groups excluding carboxylic acids is 1. The van der Waals surface area contributed by atoms with Gasteiger partial charge in [0.2, 0.25) is 0 Å². The minimum Gasteiger partial charge on any atom is -0.468 e. The number of hydrogen-bond donors (Lipinski definition) is 0. The molecule has 0 radical (unpaired) electrons. The molecule has 16 heavy (non-hydrogen) atoms. The van der Waals surface area contributed by atoms with Gasteiger partial charge in [-0.05, 0) is 31.6 Å². The zero-order chi connectivity index (χ0) is 11.9. The first kappa shape index (κ1) is 11.9. The molecule has 92 valence electrons. The number of piperidine rings is 1. The molecule has 1 aliphatic carbocycles. The van der Waals surface area contributed by atoms with Gasteiger partial charge in [-0.2, -0.15) is 0 Å². The summed E-state index contributed by atoms with van der Waals surface area (Å²) in [6, 6.07) is 1.18. The molecule has 0 spiro atoms. The summed E-state index contributed by atoms with van der Waals surface area (Å²) in [6.07, 6.45) is 3.35. The van der Waals surface area contributed by atoms with E-state index in [-0.39, 0.29) is 12.0 Å². The second kappa shape index (κ2) is 4.36. The summed E-state index contributed by atoms with van der Waals surface area (Å²) >= 11 is 0. The monoisotopic (exact) mass is 225 g/mol. The molecule has 0 N–H and O–H groups in total. The molecular formula is C13H23NO2. The maximum absolute atomic E-state index is 11.7. The van der Waals surface area contributed by atoms with E-state index in [0.717, 1.165) is 18.3 Å². The quantitative estimate of drug-likeness (QED) is 0.686. The zero-order valence-corrected chi connectivity index (χ0v) is 10.8. The molecule has 4 unspecified atom stereocenters. The standard InChI is InChI=1S/C13H23NO2/c1-5-6-8(2)14-11(13(15)16-4)7-10-9(3)12(10)14/h8-12H,5-7H2,1-4H3/t8?,9?,10?,11-,12?/m0/s1. The molecule has 0 amide bonds. The number of hydrogen-bond acceptors (Lipinski definition) is 3. The normalized spacial score (nSPS) is 39.2. The van der Waals surface area contributed by atoms with Gasteiger partial charge in [-0.1, -0.05) is 20.3 Å². The van der Waals surface area contributed by atoms with Gasteiger partial charge in [-0.15, -0.1) is 0 Å². The summed E-state index contributed by atoms with van der Waals surface area (Å²) in [4.78, 5) is 14.2. The first-order chi connectivity index (χ1) is 7.61. The van der Waals surface area contributed by atoms with Gasteiger partial charge in [-0.25, -0.2) is 0 Å². The summed E-state index contributed by atoms with van der Waals surface area (Å²) in [5.74, 6) is 1.48. The van der Waals surface area contributed by atoms with Gasteiger partial charge in [0, 0.05) is 12.1 Å². The van der Waals surface area contributed by atoms with Crippen LogP contribution in [-0.2, 0) is 9.53 Å². The number of ether oxygens (including phenoxy) is 1. The van der Waals surface area contributed by atoms with Crippen LogP contribution in [0.1, 0.15) is 40.0 Å². The van der Waals surface area contributed by atoms with Crippen LogP contribution in [0, 0.1) is 11.8 Å². The van der Waals surface area contributed by atoms with Crippen LogP contribution in [-0.4, -0.2) is 36.1 Å². The fourth-order valence-corrected chi connectivity index (χ4v) is 3.48. The Labute approximate surface area is 98.1 Å². The van der Waals surface area contributed by atoms with Crippen molar-refractivity contribution in [3.8, 4) is 0 Å². The molecule has 2 rings (SSSR count). The summed E-state index contributed by atoms with van der Waals surface area (Å²) in [7, 11) is 1.50. The Morgan fingerprint density at radius 3 is 2.81 bits per heavy atom. The van der Waals surface area contributed by atoms with Gasteiger partial charge in [0.05, 0.1) is 7.11 Å². The van der Waals surface area contributed by atoms with Crippen molar-refractivity contribution in [1.82, 2.24) is 4.90 Å². The minimum absolute atomic E-state index is 0.0257. The van der Waals surface area contributed by atoms with Crippen molar-refractivity contribution >= 4 is 5.97 Å². The maximum Gasteiger partial charge on any atom is 0.323 e. The first-order valence-electron chi connectivity index (χ1n) is 6.47. The van der Waals surface area contributed by atoms with Crippen LogP contribution in [0.15, 0.2) is 0 Å². The molecule has 2 fully saturated rings. The summed E-state index contributed by atoms with van der Waals surface area (Å²) in [5, 5.41) is 0. The van der Waals surface area contributed by atoms with Crippen LogP contribution >= 0.6 is 0 Å². The highest BCUT2D eigenvalue weighted by atomic mass is 16.5. The number of nitrogens with zero attached hydrogens (tertiary/aromatic N) is 1. The molecule has 1 saturated carbocycles. The van der Waals surface area contributed by atoms with E-state index in [1.807, 2.05) is 0 Å². The van der Waals surface area contributed by atoms with E-state index in [2.05, 4.69) is 25.7 Å². The Bertz CT molecular complexity index is 279. The molecule has 2 aliphatic rings. The van der Waals surface area contributed by atoms with E-state index in [4.69, 9.17) is 4.74 Å². The summed E-state index contributed by atoms with van der Waals surface area (Å²) < 4.78 is 4.92. The van der Waals surface area contributed by atoms with E-state index >= 15 is 0 Å². The number of likely N-dealkylation sites (tertiary alicyclic amines) is 1. The van der Waals surface area contributed by atoms with Crippen molar-refractivity contribution in [1.29, 1.82) is 0 Å². The van der Waals surface area contributed by atoms with E-state index in [1.165, 1.54) is 20.0 Å². The van der Waals surface area contributed by atoms with Crippen LogP contribution in [0.25, 0.3) is 0 Å². The minimum atomic E-state index is -0.0395. The van der Waals surface area contributed by atoms with Crippen LogP contribution in [0.4, 0.5) is 0 Å². The van der Waals surface area contributed by atoms with E-state index in [9.17, 15) is 4.79 Å². The predicted octanol–water partition coefficient (Wildman–Crippen LogP) is 2.06. The van der Waals surface area contributed by atoms with Gasteiger partial charge in [0.25, 0.3) is 0 Å². The number of methoxy groups -OCH3 is 1. The van der Waals surface area contributed by atoms with Gasteiger partial charge in [0.15, 0.2) is 0 Å². The fourth-order valence-electron chi connectivity index (χ4n) is 3.48. The van der Waals surface area contributed by atoms with Crippen molar-refractivity contribution in [2.45, 2.75) is 58.2 Å². The van der Waals surface area contributed by atoms with Crippen LogP contribution in [0.5, 0.6) is 0 Å². The average Bonchev–Trinajstić information content (AvgIpc) is 2.76. The Balaban J connectivity index is 2.07. The average molecular weight is 225 g/mol. The topological polar surface area (TPSA) is 29.5 Å². The van der Waals surface area contributed by atoms with Crippen molar-refractivity contribution < 1.29 is 9.53 Å². The zero-order valence-electron chi connectivity index (χ0n) is 10.8. The molecule has 0 aromatic heterocycles. The van der Waals surface area contributed by atoms with Crippen LogP contribution in [0.3, 0.4) is 0 Å². The van der Waals surface area contributed by atoms with Crippen LogP contribution in [0.2, 0.25) is 0 Å². The third-order valence-corrected chi connectivity index (χ3v) is 4.40. The molecule has 1 heterocycles. The molecule has 3 heteroatoms. The van der Waals surface area contributed by atoms with E-state index in [1.54, 1.807) is 0 Å². The van der Waals surface area contributed by atoms with Gasteiger partial charge in [0.1, 0.15) is 6.04 Å². The highest BCUT2D eigenvalue weighted by Crippen LogP contribution is 2.54. The lowest BCUT2D eigenvalue weighted by Gasteiger charge is -2.32. The second-order valence-corrected chi connectivity index (χ2v) is 5.37. The number of rotatable bonds is 4. The summed E-state index contributed by atoms with van der Waals surface area (Å²) in [5.41, 5.74) is 0. The fraction of sp³-hybridized carbons (Fsp3) is 0.923. The largest absolute Gasteiger partial charge is 0.468 e. The molecular weight excluding hydrogens is 202 g/mol. The van der Waals surface area contributed by atoms with Crippen molar-refractivity contribution in [3.05, 3.63) is 0 Å². The van der Waals surface area contributed by atoms with Gasteiger partial charge < -0.3 is 4.74 Å². The van der Waals surface area contributed by atoms with Crippen molar-refractivity contribution in [2.24, 2.45) is 11.8 Å². The molecule has 5 atom stereocenters. The second-order valence-electron chi connectivity index (χ2n) is 5.37.